The van der Waals surface area contributed by atoms with Crippen LogP contribution < -0.4 is 5.32 Å². The molecular formula is C18H18F3NO. The molecule has 2 nitrogen and oxygen atoms in total. The summed E-state index contributed by atoms with van der Waals surface area (Å²) in [5, 5.41) is 3.35. The summed E-state index contributed by atoms with van der Waals surface area (Å²) in [6, 6.07) is 10.4. The van der Waals surface area contributed by atoms with Gasteiger partial charge in [0.05, 0.1) is 0 Å². The lowest BCUT2D eigenvalue weighted by molar-refractivity contribution is 0.0356. The van der Waals surface area contributed by atoms with Crippen LogP contribution in [0.2, 0.25) is 0 Å². The molecule has 0 unspecified atom stereocenters. The lowest BCUT2D eigenvalue weighted by Gasteiger charge is -2.39. The van der Waals surface area contributed by atoms with Crippen LogP contribution >= 0.6 is 0 Å². The predicted octanol–water partition coefficient (Wildman–Crippen LogP) is 3.90. The van der Waals surface area contributed by atoms with Crippen LogP contribution in [0.15, 0.2) is 42.5 Å². The van der Waals surface area contributed by atoms with Crippen molar-refractivity contribution in [2.45, 2.75) is 24.9 Å². The summed E-state index contributed by atoms with van der Waals surface area (Å²) >= 11 is 0. The molecule has 0 amide bonds. The third-order valence-corrected chi connectivity index (χ3v) is 4.39. The van der Waals surface area contributed by atoms with Gasteiger partial charge in [-0.2, -0.15) is 0 Å². The second-order valence-electron chi connectivity index (χ2n) is 5.77. The third kappa shape index (κ3) is 3.41. The molecule has 0 aliphatic carbocycles. The Labute approximate surface area is 133 Å². The molecule has 0 aromatic heterocycles. The van der Waals surface area contributed by atoms with Gasteiger partial charge in [-0.3, -0.25) is 0 Å². The van der Waals surface area contributed by atoms with Crippen molar-refractivity contribution in [2.75, 3.05) is 13.2 Å². The highest BCUT2D eigenvalue weighted by atomic mass is 19.2. The Bertz CT molecular complexity index is 666. The van der Waals surface area contributed by atoms with Gasteiger partial charge >= 0.3 is 0 Å². The van der Waals surface area contributed by atoms with Crippen LogP contribution in [-0.2, 0) is 16.8 Å². The van der Waals surface area contributed by atoms with Crippen LogP contribution in [0.25, 0.3) is 0 Å². The summed E-state index contributed by atoms with van der Waals surface area (Å²) in [7, 11) is 0. The van der Waals surface area contributed by atoms with Gasteiger partial charge in [0.25, 0.3) is 0 Å². The van der Waals surface area contributed by atoms with E-state index in [-0.39, 0.29) is 17.9 Å². The van der Waals surface area contributed by atoms with Gasteiger partial charge in [0.15, 0.2) is 11.6 Å². The summed E-state index contributed by atoms with van der Waals surface area (Å²) in [6.45, 7) is 1.33. The highest BCUT2D eigenvalue weighted by Crippen LogP contribution is 2.33. The molecule has 3 rings (SSSR count). The van der Waals surface area contributed by atoms with E-state index in [0.29, 0.717) is 26.1 Å². The van der Waals surface area contributed by atoms with E-state index in [2.05, 4.69) is 5.32 Å². The number of hydrogen-bond donors (Lipinski definition) is 1. The molecule has 2 aromatic rings. The Morgan fingerprint density at radius 1 is 0.957 bits per heavy atom. The first-order valence-electron chi connectivity index (χ1n) is 7.62. The maximum Gasteiger partial charge on any atom is 0.163 e. The molecule has 1 saturated heterocycles. The molecule has 122 valence electrons. The Morgan fingerprint density at radius 2 is 1.65 bits per heavy atom. The minimum absolute atomic E-state index is 0.195. The van der Waals surface area contributed by atoms with Crippen molar-refractivity contribution in [3.63, 3.8) is 0 Å². The Kier molecular flexibility index (Phi) is 4.68. The van der Waals surface area contributed by atoms with E-state index in [1.54, 1.807) is 18.2 Å². The third-order valence-electron chi connectivity index (χ3n) is 4.39. The fraction of sp³-hybridized carbons (Fsp3) is 0.333. The Hall–Kier alpha value is -1.85. The SMILES string of the molecule is Fc1ccc(C2(NCc3cccc(F)c3F)CCOCC2)cc1. The maximum absolute atomic E-state index is 13.8. The van der Waals surface area contributed by atoms with E-state index in [9.17, 15) is 13.2 Å². The number of halogens is 3. The van der Waals surface area contributed by atoms with Gasteiger partial charge < -0.3 is 10.1 Å². The van der Waals surface area contributed by atoms with E-state index >= 15 is 0 Å². The van der Waals surface area contributed by atoms with Gasteiger partial charge in [0, 0.05) is 30.9 Å². The molecular weight excluding hydrogens is 303 g/mol. The van der Waals surface area contributed by atoms with Gasteiger partial charge in [-0.1, -0.05) is 24.3 Å². The summed E-state index contributed by atoms with van der Waals surface area (Å²) < 4.78 is 45.8. The first-order chi connectivity index (χ1) is 11.1. The van der Waals surface area contributed by atoms with Crippen molar-refractivity contribution in [1.82, 2.24) is 5.32 Å². The molecule has 2 aromatic carbocycles. The van der Waals surface area contributed by atoms with E-state index in [0.717, 1.165) is 11.6 Å². The summed E-state index contributed by atoms with van der Waals surface area (Å²) in [6.07, 6.45) is 1.38. The molecule has 5 heteroatoms. The monoisotopic (exact) mass is 321 g/mol. The van der Waals surface area contributed by atoms with Crippen LogP contribution in [0.1, 0.15) is 24.0 Å². The molecule has 0 saturated carbocycles. The molecule has 23 heavy (non-hydrogen) atoms. The topological polar surface area (TPSA) is 21.3 Å². The fourth-order valence-corrected chi connectivity index (χ4v) is 3.01. The van der Waals surface area contributed by atoms with Crippen molar-refractivity contribution in [2.24, 2.45) is 0 Å². The minimum Gasteiger partial charge on any atom is -0.381 e. The second-order valence-corrected chi connectivity index (χ2v) is 5.77. The van der Waals surface area contributed by atoms with E-state index in [1.165, 1.54) is 18.2 Å². The Morgan fingerprint density at radius 3 is 2.35 bits per heavy atom. The molecule has 1 heterocycles. The smallest absolute Gasteiger partial charge is 0.163 e. The molecule has 0 atom stereocenters. The molecule has 1 fully saturated rings. The summed E-state index contributed by atoms with van der Waals surface area (Å²) in [4.78, 5) is 0. The maximum atomic E-state index is 13.8. The van der Waals surface area contributed by atoms with Gasteiger partial charge in [-0.15, -0.1) is 0 Å². The van der Waals surface area contributed by atoms with Crippen LogP contribution in [0.3, 0.4) is 0 Å². The first kappa shape index (κ1) is 16.0. The fourth-order valence-electron chi connectivity index (χ4n) is 3.01. The average Bonchev–Trinajstić information content (AvgIpc) is 2.58. The molecule has 1 aliphatic heterocycles. The minimum atomic E-state index is -0.855. The van der Waals surface area contributed by atoms with E-state index < -0.39 is 17.2 Å². The van der Waals surface area contributed by atoms with E-state index in [4.69, 9.17) is 4.74 Å². The average molecular weight is 321 g/mol. The number of rotatable bonds is 4. The summed E-state index contributed by atoms with van der Waals surface area (Å²) in [5.74, 6) is -1.99. The number of hydrogen-bond acceptors (Lipinski definition) is 2. The van der Waals surface area contributed by atoms with Gasteiger partial charge in [-0.05, 0) is 36.6 Å². The van der Waals surface area contributed by atoms with Crippen molar-refractivity contribution in [3.05, 3.63) is 71.0 Å². The molecule has 1 aliphatic rings. The zero-order valence-electron chi connectivity index (χ0n) is 12.6. The highest BCUT2D eigenvalue weighted by Gasteiger charge is 2.34. The van der Waals surface area contributed by atoms with Crippen molar-refractivity contribution in [1.29, 1.82) is 0 Å². The lowest BCUT2D eigenvalue weighted by atomic mass is 9.82. The first-order valence-corrected chi connectivity index (χ1v) is 7.62. The molecule has 0 radical (unpaired) electrons. The van der Waals surface area contributed by atoms with Gasteiger partial charge in [0.2, 0.25) is 0 Å². The van der Waals surface area contributed by atoms with E-state index in [1.807, 2.05) is 0 Å². The van der Waals surface area contributed by atoms with Crippen LogP contribution in [0.5, 0.6) is 0 Å². The van der Waals surface area contributed by atoms with Crippen LogP contribution in [-0.4, -0.2) is 13.2 Å². The quantitative estimate of drug-likeness (QED) is 0.922. The number of nitrogens with one attached hydrogen (secondary N) is 1. The zero-order valence-corrected chi connectivity index (χ0v) is 12.6. The summed E-state index contributed by atoms with van der Waals surface area (Å²) in [5.41, 5.74) is 0.780. The standard InChI is InChI=1S/C18H18F3NO/c19-15-6-4-14(5-7-15)18(8-10-23-11-9-18)22-12-13-2-1-3-16(20)17(13)21/h1-7,22H,8-12H2. The molecule has 1 N–H and O–H groups in total. The molecule has 0 bridgehead atoms. The largest absolute Gasteiger partial charge is 0.381 e. The predicted molar refractivity (Wildman–Crippen MR) is 81.3 cm³/mol. The zero-order chi connectivity index (χ0) is 16.3. The van der Waals surface area contributed by atoms with Crippen LogP contribution in [0, 0.1) is 17.5 Å². The second kappa shape index (κ2) is 6.72. The van der Waals surface area contributed by atoms with Crippen molar-refractivity contribution < 1.29 is 17.9 Å². The van der Waals surface area contributed by atoms with Crippen LogP contribution in [0.4, 0.5) is 13.2 Å². The van der Waals surface area contributed by atoms with Gasteiger partial charge in [-0.25, -0.2) is 13.2 Å². The van der Waals surface area contributed by atoms with Gasteiger partial charge in [0.1, 0.15) is 5.82 Å². The van der Waals surface area contributed by atoms with Crippen molar-refractivity contribution in [3.8, 4) is 0 Å². The van der Waals surface area contributed by atoms with Crippen molar-refractivity contribution >= 4 is 0 Å². The number of ether oxygens (including phenoxy) is 1. The number of benzene rings is 2. The Balaban J connectivity index is 1.85. The lowest BCUT2D eigenvalue weighted by Crippen LogP contribution is -2.46. The molecule has 0 spiro atoms. The highest BCUT2D eigenvalue weighted by molar-refractivity contribution is 5.27. The normalized spacial score (nSPS) is 17.2.